The maximum atomic E-state index is 13.2. The quantitative estimate of drug-likeness (QED) is 0.557. The van der Waals surface area contributed by atoms with Gasteiger partial charge in [-0.2, -0.15) is 4.98 Å². The van der Waals surface area contributed by atoms with Crippen LogP contribution in [-0.4, -0.2) is 64.0 Å². The summed E-state index contributed by atoms with van der Waals surface area (Å²) >= 11 is 6.45. The lowest BCUT2D eigenvalue weighted by atomic mass is 9.91. The number of amides is 1. The molecule has 180 valence electrons. The SMILES string of the molecule is CC[C@@](C)(NC(=O)C1CN(c2nc(N3CCNC[C@@H]3C)ncc2Cl)C1)c1cnc2ccccn12. The summed E-state index contributed by atoms with van der Waals surface area (Å²) < 4.78 is 2.04. The number of carbonyl (C=O) groups is 1. The van der Waals surface area contributed by atoms with E-state index in [9.17, 15) is 4.79 Å². The van der Waals surface area contributed by atoms with Crippen molar-refractivity contribution in [3.8, 4) is 0 Å². The van der Waals surface area contributed by atoms with Gasteiger partial charge in [-0.1, -0.05) is 24.6 Å². The van der Waals surface area contributed by atoms with Crippen LogP contribution in [0.15, 0.2) is 36.8 Å². The fourth-order valence-electron chi connectivity index (χ4n) is 4.71. The number of hydrogen-bond donors (Lipinski definition) is 2. The van der Waals surface area contributed by atoms with E-state index in [0.717, 1.165) is 37.4 Å². The van der Waals surface area contributed by atoms with Gasteiger partial charge in [0.05, 0.1) is 29.5 Å². The lowest BCUT2D eigenvalue weighted by Crippen LogP contribution is -2.57. The topological polar surface area (TPSA) is 90.7 Å². The summed E-state index contributed by atoms with van der Waals surface area (Å²) in [6.07, 6.45) is 6.25. The molecule has 0 radical (unpaired) electrons. The molecular formula is C24H31ClN8O. The number of aromatic nitrogens is 4. The van der Waals surface area contributed by atoms with Crippen LogP contribution in [-0.2, 0) is 10.3 Å². The molecule has 5 heterocycles. The predicted octanol–water partition coefficient (Wildman–Crippen LogP) is 2.45. The molecule has 1 amide bonds. The molecule has 10 heteroatoms. The molecule has 0 aliphatic carbocycles. The van der Waals surface area contributed by atoms with E-state index in [0.29, 0.717) is 35.9 Å². The standard InChI is InChI=1S/C24H31ClN8O/c1-4-24(3,19-13-27-20-7-5-6-9-33(19)20)30-22(34)17-14-31(15-17)21-18(25)12-28-23(29-21)32-10-8-26-11-16(32)2/h5-7,9,12-13,16-17,26H,4,8,10-11,14-15H2,1-3H3,(H,30,34)/t16-,24+/m0/s1. The van der Waals surface area contributed by atoms with Gasteiger partial charge in [0, 0.05) is 45.0 Å². The Morgan fingerprint density at radius 2 is 2.12 bits per heavy atom. The minimum absolute atomic E-state index is 0.0348. The smallest absolute Gasteiger partial charge is 0.227 e. The van der Waals surface area contributed by atoms with Crippen molar-refractivity contribution in [2.45, 2.75) is 38.8 Å². The average molecular weight is 483 g/mol. The van der Waals surface area contributed by atoms with Crippen molar-refractivity contribution in [2.24, 2.45) is 5.92 Å². The second kappa shape index (κ2) is 9.03. The zero-order valence-corrected chi connectivity index (χ0v) is 20.6. The number of imidazole rings is 1. The van der Waals surface area contributed by atoms with Crippen LogP contribution >= 0.6 is 11.6 Å². The van der Waals surface area contributed by atoms with Crippen molar-refractivity contribution >= 4 is 34.9 Å². The Labute approximate surface area is 204 Å². The fourth-order valence-corrected chi connectivity index (χ4v) is 4.92. The van der Waals surface area contributed by atoms with Gasteiger partial charge < -0.3 is 24.8 Å². The highest BCUT2D eigenvalue weighted by molar-refractivity contribution is 6.32. The Balaban J connectivity index is 1.27. The van der Waals surface area contributed by atoms with E-state index in [2.05, 4.69) is 51.2 Å². The number of rotatable bonds is 6. The normalized spacial score (nSPS) is 20.8. The number of anilines is 2. The second-order valence-electron chi connectivity index (χ2n) is 9.44. The first-order valence-corrected chi connectivity index (χ1v) is 12.3. The summed E-state index contributed by atoms with van der Waals surface area (Å²) in [6.45, 7) is 10.1. The summed E-state index contributed by atoms with van der Waals surface area (Å²) in [4.78, 5) is 31.2. The Kier molecular flexibility index (Phi) is 6.07. The number of hydrogen-bond acceptors (Lipinski definition) is 7. The van der Waals surface area contributed by atoms with Crippen molar-refractivity contribution in [1.82, 2.24) is 30.0 Å². The van der Waals surface area contributed by atoms with Gasteiger partial charge in [0.15, 0.2) is 5.82 Å². The molecule has 2 atom stereocenters. The molecule has 9 nitrogen and oxygen atoms in total. The maximum absolute atomic E-state index is 13.2. The van der Waals surface area contributed by atoms with Crippen molar-refractivity contribution < 1.29 is 4.79 Å². The summed E-state index contributed by atoms with van der Waals surface area (Å²) in [5.41, 5.74) is 1.33. The number of piperazine rings is 1. The Bertz CT molecular complexity index is 1190. The number of pyridine rings is 1. The zero-order valence-electron chi connectivity index (χ0n) is 19.8. The molecule has 0 spiro atoms. The van der Waals surface area contributed by atoms with Crippen LogP contribution in [0.3, 0.4) is 0 Å². The highest BCUT2D eigenvalue weighted by Gasteiger charge is 2.39. The molecule has 2 fully saturated rings. The van der Waals surface area contributed by atoms with Gasteiger partial charge in [0.2, 0.25) is 11.9 Å². The third-order valence-corrected chi connectivity index (χ3v) is 7.38. The van der Waals surface area contributed by atoms with E-state index in [1.165, 1.54) is 0 Å². The number of nitrogens with one attached hydrogen (secondary N) is 2. The lowest BCUT2D eigenvalue weighted by Gasteiger charge is -2.42. The fraction of sp³-hybridized carbons (Fsp3) is 0.500. The van der Waals surface area contributed by atoms with Gasteiger partial charge >= 0.3 is 0 Å². The number of fused-ring (bicyclic) bond motifs is 1. The number of carbonyl (C=O) groups excluding carboxylic acids is 1. The van der Waals surface area contributed by atoms with Crippen molar-refractivity contribution in [1.29, 1.82) is 0 Å². The number of nitrogens with zero attached hydrogens (tertiary/aromatic N) is 6. The molecule has 2 aliphatic rings. The molecule has 5 rings (SSSR count). The Morgan fingerprint density at radius 1 is 1.29 bits per heavy atom. The van der Waals surface area contributed by atoms with Crippen LogP contribution in [0.25, 0.3) is 5.65 Å². The van der Waals surface area contributed by atoms with Gasteiger partial charge in [0.25, 0.3) is 0 Å². The van der Waals surface area contributed by atoms with E-state index >= 15 is 0 Å². The molecule has 3 aromatic heterocycles. The molecular weight excluding hydrogens is 452 g/mol. The van der Waals surface area contributed by atoms with Crippen molar-refractivity contribution in [3.05, 3.63) is 47.5 Å². The molecule has 34 heavy (non-hydrogen) atoms. The summed E-state index contributed by atoms with van der Waals surface area (Å²) in [5, 5.41) is 7.18. The first-order chi connectivity index (χ1) is 16.4. The third-order valence-electron chi connectivity index (χ3n) is 7.11. The van der Waals surface area contributed by atoms with Crippen LogP contribution in [0.5, 0.6) is 0 Å². The number of halogens is 1. The van der Waals surface area contributed by atoms with Gasteiger partial charge in [0.1, 0.15) is 10.7 Å². The van der Waals surface area contributed by atoms with E-state index in [4.69, 9.17) is 16.6 Å². The second-order valence-corrected chi connectivity index (χ2v) is 9.84. The molecule has 2 aliphatic heterocycles. The van der Waals surface area contributed by atoms with Gasteiger partial charge in [-0.05, 0) is 32.4 Å². The molecule has 3 aromatic rings. The van der Waals surface area contributed by atoms with Gasteiger partial charge in [-0.3, -0.25) is 4.79 Å². The monoisotopic (exact) mass is 482 g/mol. The molecule has 0 saturated carbocycles. The third kappa shape index (κ3) is 4.07. The molecule has 0 unspecified atom stereocenters. The van der Waals surface area contributed by atoms with Crippen LogP contribution in [0.2, 0.25) is 5.02 Å². The molecule has 0 bridgehead atoms. The largest absolute Gasteiger partial charge is 0.353 e. The van der Waals surface area contributed by atoms with E-state index in [1.807, 2.05) is 35.0 Å². The first kappa shape index (κ1) is 22.9. The van der Waals surface area contributed by atoms with Gasteiger partial charge in [-0.25, -0.2) is 9.97 Å². The summed E-state index contributed by atoms with van der Waals surface area (Å²) in [7, 11) is 0. The lowest BCUT2D eigenvalue weighted by molar-refractivity contribution is -0.127. The van der Waals surface area contributed by atoms with E-state index < -0.39 is 5.54 Å². The van der Waals surface area contributed by atoms with Crippen molar-refractivity contribution in [3.63, 3.8) is 0 Å². The Hall–Kier alpha value is -2.91. The maximum Gasteiger partial charge on any atom is 0.227 e. The summed E-state index contributed by atoms with van der Waals surface area (Å²) in [5.74, 6) is 1.29. The van der Waals surface area contributed by atoms with Gasteiger partial charge in [-0.15, -0.1) is 0 Å². The van der Waals surface area contributed by atoms with Crippen LogP contribution in [0.4, 0.5) is 11.8 Å². The highest BCUT2D eigenvalue weighted by atomic mass is 35.5. The van der Waals surface area contributed by atoms with Crippen LogP contribution in [0, 0.1) is 5.92 Å². The minimum atomic E-state index is -0.517. The van der Waals surface area contributed by atoms with E-state index in [1.54, 1.807) is 6.20 Å². The highest BCUT2D eigenvalue weighted by Crippen LogP contribution is 2.32. The van der Waals surface area contributed by atoms with Crippen LogP contribution in [0.1, 0.15) is 32.9 Å². The summed E-state index contributed by atoms with van der Waals surface area (Å²) in [6, 6.07) is 6.21. The van der Waals surface area contributed by atoms with E-state index in [-0.39, 0.29) is 11.8 Å². The molecule has 2 N–H and O–H groups in total. The van der Waals surface area contributed by atoms with Crippen LogP contribution < -0.4 is 20.4 Å². The molecule has 2 saturated heterocycles. The zero-order chi connectivity index (χ0) is 23.9. The Morgan fingerprint density at radius 3 is 2.88 bits per heavy atom. The predicted molar refractivity (Wildman–Crippen MR) is 133 cm³/mol. The average Bonchev–Trinajstić information content (AvgIpc) is 3.25. The first-order valence-electron chi connectivity index (χ1n) is 11.9. The molecule has 0 aromatic carbocycles. The minimum Gasteiger partial charge on any atom is -0.353 e. The van der Waals surface area contributed by atoms with Crippen molar-refractivity contribution in [2.75, 3.05) is 42.5 Å².